The number of nitrogens with zero attached hydrogens (tertiary/aromatic N) is 1. The Morgan fingerprint density at radius 3 is 2.78 bits per heavy atom. The molecular weight excluding hydrogens is 292 g/mol. The summed E-state index contributed by atoms with van der Waals surface area (Å²) in [6.07, 6.45) is 1.10. The van der Waals surface area contributed by atoms with Crippen molar-refractivity contribution in [3.05, 3.63) is 34.3 Å². The third-order valence-electron chi connectivity index (χ3n) is 3.62. The van der Waals surface area contributed by atoms with Crippen molar-refractivity contribution in [2.45, 2.75) is 25.4 Å². The number of rotatable bonds is 4. The lowest BCUT2D eigenvalue weighted by Gasteiger charge is -2.40. The van der Waals surface area contributed by atoms with E-state index in [1.807, 2.05) is 0 Å². The minimum atomic E-state index is 0.298. The SMILES string of the molecule is CCC1COCCN1C(CN)c1ccc(Br)cc1. The van der Waals surface area contributed by atoms with Crippen LogP contribution in [0, 0.1) is 0 Å². The molecular formula is C14H21BrN2O. The van der Waals surface area contributed by atoms with E-state index in [0.29, 0.717) is 18.6 Å². The van der Waals surface area contributed by atoms with Crippen LogP contribution in [-0.2, 0) is 4.74 Å². The van der Waals surface area contributed by atoms with Crippen LogP contribution in [0.15, 0.2) is 28.7 Å². The van der Waals surface area contributed by atoms with E-state index in [-0.39, 0.29) is 0 Å². The maximum atomic E-state index is 6.00. The zero-order chi connectivity index (χ0) is 13.0. The molecule has 100 valence electrons. The van der Waals surface area contributed by atoms with Gasteiger partial charge in [0.1, 0.15) is 0 Å². The van der Waals surface area contributed by atoms with Gasteiger partial charge in [-0.2, -0.15) is 0 Å². The first kappa shape index (κ1) is 14.0. The van der Waals surface area contributed by atoms with Crippen molar-refractivity contribution in [2.24, 2.45) is 5.73 Å². The number of benzene rings is 1. The molecule has 1 fully saturated rings. The Kier molecular flexibility index (Phi) is 5.18. The van der Waals surface area contributed by atoms with Crippen LogP contribution in [0.2, 0.25) is 0 Å². The normalized spacial score (nSPS) is 22.9. The molecule has 1 aliphatic rings. The van der Waals surface area contributed by atoms with E-state index < -0.39 is 0 Å². The van der Waals surface area contributed by atoms with Crippen molar-refractivity contribution in [2.75, 3.05) is 26.3 Å². The molecule has 4 heteroatoms. The first-order valence-electron chi connectivity index (χ1n) is 6.55. The molecule has 3 nitrogen and oxygen atoms in total. The van der Waals surface area contributed by atoms with E-state index in [4.69, 9.17) is 10.5 Å². The topological polar surface area (TPSA) is 38.5 Å². The molecule has 1 saturated heterocycles. The average molecular weight is 313 g/mol. The number of nitrogens with two attached hydrogens (primary N) is 1. The molecule has 0 aromatic heterocycles. The van der Waals surface area contributed by atoms with Gasteiger partial charge in [0.05, 0.1) is 13.2 Å². The van der Waals surface area contributed by atoms with Gasteiger partial charge in [-0.3, -0.25) is 4.90 Å². The number of halogens is 1. The smallest absolute Gasteiger partial charge is 0.0622 e. The van der Waals surface area contributed by atoms with Gasteiger partial charge >= 0.3 is 0 Å². The highest BCUT2D eigenvalue weighted by Crippen LogP contribution is 2.26. The average Bonchev–Trinajstić information content (AvgIpc) is 2.42. The van der Waals surface area contributed by atoms with Crippen molar-refractivity contribution in [1.29, 1.82) is 0 Å². The summed E-state index contributed by atoms with van der Waals surface area (Å²) in [5.74, 6) is 0. The Morgan fingerprint density at radius 1 is 1.44 bits per heavy atom. The van der Waals surface area contributed by atoms with Crippen LogP contribution in [-0.4, -0.2) is 37.2 Å². The van der Waals surface area contributed by atoms with Gasteiger partial charge in [0, 0.05) is 29.6 Å². The largest absolute Gasteiger partial charge is 0.378 e. The van der Waals surface area contributed by atoms with Gasteiger partial charge in [-0.15, -0.1) is 0 Å². The quantitative estimate of drug-likeness (QED) is 0.928. The second kappa shape index (κ2) is 6.66. The van der Waals surface area contributed by atoms with E-state index in [1.54, 1.807) is 0 Å². The Bertz CT molecular complexity index is 369. The fraction of sp³-hybridized carbons (Fsp3) is 0.571. The number of morpholine rings is 1. The van der Waals surface area contributed by atoms with Gasteiger partial charge in [-0.25, -0.2) is 0 Å². The molecule has 0 spiro atoms. The van der Waals surface area contributed by atoms with Gasteiger partial charge in [0.25, 0.3) is 0 Å². The van der Waals surface area contributed by atoms with E-state index in [9.17, 15) is 0 Å². The first-order chi connectivity index (χ1) is 8.76. The summed E-state index contributed by atoms with van der Waals surface area (Å²) in [4.78, 5) is 2.49. The molecule has 2 unspecified atom stereocenters. The van der Waals surface area contributed by atoms with E-state index in [0.717, 1.165) is 30.7 Å². The van der Waals surface area contributed by atoms with Crippen molar-refractivity contribution in [1.82, 2.24) is 4.90 Å². The summed E-state index contributed by atoms with van der Waals surface area (Å²) in [6.45, 7) is 5.46. The third kappa shape index (κ3) is 3.12. The van der Waals surface area contributed by atoms with Gasteiger partial charge in [-0.05, 0) is 24.1 Å². The maximum absolute atomic E-state index is 6.00. The van der Waals surface area contributed by atoms with Crippen LogP contribution in [0.1, 0.15) is 24.9 Å². The zero-order valence-corrected chi connectivity index (χ0v) is 12.4. The van der Waals surface area contributed by atoms with Crippen molar-refractivity contribution >= 4 is 15.9 Å². The van der Waals surface area contributed by atoms with Crippen molar-refractivity contribution in [3.63, 3.8) is 0 Å². The molecule has 1 heterocycles. The fourth-order valence-corrected chi connectivity index (χ4v) is 2.84. The molecule has 0 amide bonds. The van der Waals surface area contributed by atoms with Gasteiger partial charge in [0.15, 0.2) is 0 Å². The van der Waals surface area contributed by atoms with Gasteiger partial charge < -0.3 is 10.5 Å². The summed E-state index contributed by atoms with van der Waals surface area (Å²) < 4.78 is 6.67. The molecule has 1 aromatic carbocycles. The maximum Gasteiger partial charge on any atom is 0.0622 e. The van der Waals surface area contributed by atoms with Gasteiger partial charge in [0.2, 0.25) is 0 Å². The molecule has 2 atom stereocenters. The van der Waals surface area contributed by atoms with Crippen LogP contribution in [0.4, 0.5) is 0 Å². The predicted octanol–water partition coefficient (Wildman–Crippen LogP) is 2.56. The lowest BCUT2D eigenvalue weighted by Crippen LogP contribution is -2.48. The van der Waals surface area contributed by atoms with Crippen LogP contribution in [0.25, 0.3) is 0 Å². The second-order valence-corrected chi connectivity index (χ2v) is 5.59. The summed E-state index contributed by atoms with van der Waals surface area (Å²) >= 11 is 3.47. The number of hydrogen-bond donors (Lipinski definition) is 1. The minimum absolute atomic E-state index is 0.298. The molecule has 1 aromatic rings. The first-order valence-corrected chi connectivity index (χ1v) is 7.34. The van der Waals surface area contributed by atoms with Crippen LogP contribution in [0.5, 0.6) is 0 Å². The Hall–Kier alpha value is -0.420. The zero-order valence-electron chi connectivity index (χ0n) is 10.8. The molecule has 2 N–H and O–H groups in total. The summed E-state index contributed by atoms with van der Waals surface area (Å²) in [7, 11) is 0. The van der Waals surface area contributed by atoms with Gasteiger partial charge in [-0.1, -0.05) is 35.0 Å². The van der Waals surface area contributed by atoms with E-state index in [1.165, 1.54) is 5.56 Å². The molecule has 0 bridgehead atoms. The molecule has 1 aliphatic heterocycles. The highest BCUT2D eigenvalue weighted by atomic mass is 79.9. The lowest BCUT2D eigenvalue weighted by molar-refractivity contribution is -0.0291. The Labute approximate surface area is 117 Å². The number of ether oxygens (including phenoxy) is 1. The molecule has 0 saturated carbocycles. The summed E-state index contributed by atoms with van der Waals surface area (Å²) in [5, 5.41) is 0. The van der Waals surface area contributed by atoms with Crippen molar-refractivity contribution in [3.8, 4) is 0 Å². The van der Waals surface area contributed by atoms with Crippen LogP contribution >= 0.6 is 15.9 Å². The lowest BCUT2D eigenvalue weighted by atomic mass is 10.0. The molecule has 0 aliphatic carbocycles. The monoisotopic (exact) mass is 312 g/mol. The predicted molar refractivity (Wildman–Crippen MR) is 77.5 cm³/mol. The highest BCUT2D eigenvalue weighted by molar-refractivity contribution is 9.10. The fourth-order valence-electron chi connectivity index (χ4n) is 2.58. The van der Waals surface area contributed by atoms with Crippen LogP contribution < -0.4 is 5.73 Å². The Balaban J connectivity index is 2.18. The molecule has 18 heavy (non-hydrogen) atoms. The third-order valence-corrected chi connectivity index (χ3v) is 4.15. The summed E-state index contributed by atoms with van der Waals surface area (Å²) in [6, 6.07) is 9.26. The van der Waals surface area contributed by atoms with Crippen molar-refractivity contribution < 1.29 is 4.74 Å². The highest BCUT2D eigenvalue weighted by Gasteiger charge is 2.28. The minimum Gasteiger partial charge on any atom is -0.378 e. The molecule has 0 radical (unpaired) electrons. The van der Waals surface area contributed by atoms with E-state index >= 15 is 0 Å². The van der Waals surface area contributed by atoms with Crippen LogP contribution in [0.3, 0.4) is 0 Å². The second-order valence-electron chi connectivity index (χ2n) is 4.68. The summed E-state index contributed by atoms with van der Waals surface area (Å²) in [5.41, 5.74) is 7.29. The van der Waals surface area contributed by atoms with E-state index in [2.05, 4.69) is 52.0 Å². The molecule has 2 rings (SSSR count). The Morgan fingerprint density at radius 2 is 2.17 bits per heavy atom. The standard InChI is InChI=1S/C14H21BrN2O/c1-2-13-10-18-8-7-17(13)14(9-16)11-3-5-12(15)6-4-11/h3-6,13-14H,2,7-10,16H2,1H3. The number of hydrogen-bond acceptors (Lipinski definition) is 3.